The zero-order valence-corrected chi connectivity index (χ0v) is 6.70. The Bertz CT molecular complexity index is 107. The molecule has 0 radical (unpaired) electrons. The third-order valence-corrected chi connectivity index (χ3v) is 1.61. The van der Waals surface area contributed by atoms with Crippen LogP contribution in [0.5, 0.6) is 0 Å². The molecule has 0 atom stereocenters. The van der Waals surface area contributed by atoms with Gasteiger partial charge in [-0.3, -0.25) is 4.79 Å². The second kappa shape index (κ2) is 5.89. The van der Waals surface area contributed by atoms with Crippen molar-refractivity contribution in [3.8, 4) is 0 Å². The van der Waals surface area contributed by atoms with Gasteiger partial charge in [-0.25, -0.2) is 0 Å². The van der Waals surface area contributed by atoms with Crippen LogP contribution in [0.25, 0.3) is 0 Å². The summed E-state index contributed by atoms with van der Waals surface area (Å²) in [5.74, 6) is 2.20. The summed E-state index contributed by atoms with van der Waals surface area (Å²) in [5, 5.41) is 0. The fourth-order valence-electron chi connectivity index (χ4n) is 0.400. The number of carbonyl (C=O) groups excluding carboxylic acids is 1. The van der Waals surface area contributed by atoms with Gasteiger partial charge in [0.1, 0.15) is 0 Å². The lowest BCUT2D eigenvalue weighted by atomic mass is 10.4. The first-order valence-electron chi connectivity index (χ1n) is 3.02. The van der Waals surface area contributed by atoms with Gasteiger partial charge >= 0.3 is 0 Å². The van der Waals surface area contributed by atoms with E-state index in [9.17, 15) is 4.79 Å². The van der Waals surface area contributed by atoms with E-state index >= 15 is 0 Å². The molecule has 1 nitrogen and oxygen atoms in total. The first-order chi connectivity index (χ1) is 4.27. The highest BCUT2D eigenvalue weighted by Gasteiger charge is 1.80. The van der Waals surface area contributed by atoms with Gasteiger partial charge in [0.15, 0.2) is 5.78 Å². The summed E-state index contributed by atoms with van der Waals surface area (Å²) < 4.78 is 0. The maximum absolute atomic E-state index is 10.3. The summed E-state index contributed by atoms with van der Waals surface area (Å²) >= 11 is 1.81. The molecule has 0 aliphatic heterocycles. The highest BCUT2D eigenvalue weighted by molar-refractivity contribution is 7.99. The maximum Gasteiger partial charge on any atom is 0.152 e. The number of allylic oxidation sites excluding steroid dienone is 1. The number of rotatable bonds is 4. The van der Waals surface area contributed by atoms with Crippen LogP contribution in [-0.2, 0) is 4.79 Å². The SMILES string of the molecule is CCSCC=CC(C)=O. The number of carbonyl (C=O) groups is 1. The van der Waals surface area contributed by atoms with Crippen molar-refractivity contribution in [2.45, 2.75) is 13.8 Å². The van der Waals surface area contributed by atoms with Crippen LogP contribution in [0.4, 0.5) is 0 Å². The number of thioether (sulfide) groups is 1. The van der Waals surface area contributed by atoms with Gasteiger partial charge < -0.3 is 0 Å². The molecule has 0 rings (SSSR count). The molecule has 0 fully saturated rings. The quantitative estimate of drug-likeness (QED) is 0.442. The summed E-state index contributed by atoms with van der Waals surface area (Å²) in [4.78, 5) is 10.3. The third kappa shape index (κ3) is 7.76. The smallest absolute Gasteiger partial charge is 0.152 e. The summed E-state index contributed by atoms with van der Waals surface area (Å²) in [7, 11) is 0. The molecule has 52 valence electrons. The van der Waals surface area contributed by atoms with E-state index in [1.807, 2.05) is 17.8 Å². The highest BCUT2D eigenvalue weighted by Crippen LogP contribution is 1.97. The van der Waals surface area contributed by atoms with Crippen molar-refractivity contribution in [2.75, 3.05) is 11.5 Å². The first kappa shape index (κ1) is 8.76. The zero-order valence-electron chi connectivity index (χ0n) is 5.89. The van der Waals surface area contributed by atoms with Crippen LogP contribution in [-0.4, -0.2) is 17.3 Å². The molecule has 9 heavy (non-hydrogen) atoms. The monoisotopic (exact) mass is 144 g/mol. The molecule has 0 heterocycles. The Balaban J connectivity index is 3.15. The van der Waals surface area contributed by atoms with Gasteiger partial charge in [-0.1, -0.05) is 13.0 Å². The van der Waals surface area contributed by atoms with Crippen LogP contribution in [0.3, 0.4) is 0 Å². The molecule has 2 heteroatoms. The summed E-state index contributed by atoms with van der Waals surface area (Å²) in [6.45, 7) is 3.67. The van der Waals surface area contributed by atoms with Gasteiger partial charge in [0.2, 0.25) is 0 Å². The topological polar surface area (TPSA) is 17.1 Å². The fraction of sp³-hybridized carbons (Fsp3) is 0.571. The molecule has 0 amide bonds. The van der Waals surface area contributed by atoms with Crippen molar-refractivity contribution in [1.82, 2.24) is 0 Å². The zero-order chi connectivity index (χ0) is 7.11. The molecule has 0 unspecified atom stereocenters. The van der Waals surface area contributed by atoms with Crippen molar-refractivity contribution in [3.63, 3.8) is 0 Å². The van der Waals surface area contributed by atoms with Gasteiger partial charge in [0, 0.05) is 5.75 Å². The molecule has 0 N–H and O–H groups in total. The normalized spacial score (nSPS) is 10.4. The molecular weight excluding hydrogens is 132 g/mol. The minimum atomic E-state index is 0.131. The van der Waals surface area contributed by atoms with E-state index in [4.69, 9.17) is 0 Å². The van der Waals surface area contributed by atoms with Crippen molar-refractivity contribution < 1.29 is 4.79 Å². The van der Waals surface area contributed by atoms with Gasteiger partial charge in [-0.05, 0) is 18.8 Å². The molecular formula is C7H12OS. The van der Waals surface area contributed by atoms with Crippen LogP contribution in [0.15, 0.2) is 12.2 Å². The second-order valence-electron chi connectivity index (χ2n) is 1.67. The fourth-order valence-corrected chi connectivity index (χ4v) is 0.868. The molecule has 0 aliphatic carbocycles. The van der Waals surface area contributed by atoms with E-state index in [2.05, 4.69) is 6.92 Å². The Morgan fingerprint density at radius 3 is 2.78 bits per heavy atom. The Hall–Kier alpha value is -0.240. The molecule has 0 spiro atoms. The third-order valence-electron chi connectivity index (χ3n) is 0.771. The average molecular weight is 144 g/mol. The minimum absolute atomic E-state index is 0.131. The van der Waals surface area contributed by atoms with Crippen molar-refractivity contribution in [3.05, 3.63) is 12.2 Å². The average Bonchev–Trinajstić information content (AvgIpc) is 1.80. The Morgan fingerprint density at radius 2 is 2.33 bits per heavy atom. The largest absolute Gasteiger partial charge is 0.295 e. The van der Waals surface area contributed by atoms with Crippen LogP contribution < -0.4 is 0 Å². The highest BCUT2D eigenvalue weighted by atomic mass is 32.2. The van der Waals surface area contributed by atoms with Crippen LogP contribution in [0.2, 0.25) is 0 Å². The standard InChI is InChI=1S/C7H12OS/c1-3-9-6-4-5-7(2)8/h4-5H,3,6H2,1-2H3. The van der Waals surface area contributed by atoms with Crippen molar-refractivity contribution in [1.29, 1.82) is 0 Å². The maximum atomic E-state index is 10.3. The lowest BCUT2D eigenvalue weighted by Gasteiger charge is -1.86. The Kier molecular flexibility index (Phi) is 5.73. The summed E-state index contributed by atoms with van der Waals surface area (Å²) in [5.41, 5.74) is 0. The molecule has 0 aromatic carbocycles. The van der Waals surface area contributed by atoms with Gasteiger partial charge in [-0.15, -0.1) is 0 Å². The molecule has 0 aromatic heterocycles. The van der Waals surface area contributed by atoms with Crippen molar-refractivity contribution >= 4 is 17.5 Å². The van der Waals surface area contributed by atoms with E-state index in [0.717, 1.165) is 11.5 Å². The first-order valence-corrected chi connectivity index (χ1v) is 4.17. The Morgan fingerprint density at radius 1 is 1.67 bits per heavy atom. The molecule has 0 saturated heterocycles. The van der Waals surface area contributed by atoms with Gasteiger partial charge in [0.25, 0.3) is 0 Å². The summed E-state index contributed by atoms with van der Waals surface area (Å²) in [6, 6.07) is 0. The van der Waals surface area contributed by atoms with E-state index in [1.54, 1.807) is 13.0 Å². The van der Waals surface area contributed by atoms with Gasteiger partial charge in [0.05, 0.1) is 0 Å². The van der Waals surface area contributed by atoms with E-state index in [-0.39, 0.29) is 5.78 Å². The van der Waals surface area contributed by atoms with Crippen LogP contribution in [0, 0.1) is 0 Å². The van der Waals surface area contributed by atoms with Crippen LogP contribution >= 0.6 is 11.8 Å². The number of hydrogen-bond donors (Lipinski definition) is 0. The number of ketones is 1. The van der Waals surface area contributed by atoms with E-state index < -0.39 is 0 Å². The second-order valence-corrected chi connectivity index (χ2v) is 2.99. The lowest BCUT2D eigenvalue weighted by molar-refractivity contribution is -0.112. The minimum Gasteiger partial charge on any atom is -0.295 e. The molecule has 0 aromatic rings. The van der Waals surface area contributed by atoms with E-state index in [1.165, 1.54) is 0 Å². The lowest BCUT2D eigenvalue weighted by Crippen LogP contribution is -1.80. The van der Waals surface area contributed by atoms with Gasteiger partial charge in [-0.2, -0.15) is 11.8 Å². The Labute approximate surface area is 60.5 Å². The summed E-state index contributed by atoms with van der Waals surface area (Å²) in [6.07, 6.45) is 3.51. The van der Waals surface area contributed by atoms with Crippen LogP contribution in [0.1, 0.15) is 13.8 Å². The van der Waals surface area contributed by atoms with Crippen molar-refractivity contribution in [2.24, 2.45) is 0 Å². The molecule has 0 bridgehead atoms. The molecule has 0 saturated carbocycles. The molecule has 0 aliphatic rings. The number of hydrogen-bond acceptors (Lipinski definition) is 2. The predicted molar refractivity (Wildman–Crippen MR) is 42.8 cm³/mol. The predicted octanol–water partition coefficient (Wildman–Crippen LogP) is 1.88. The van der Waals surface area contributed by atoms with E-state index in [0.29, 0.717) is 0 Å².